The molecule has 1 N–H and O–H groups in total. The molecule has 0 aliphatic carbocycles. The lowest BCUT2D eigenvalue weighted by atomic mass is 10.1. The molecule has 2 aromatic heterocycles. The number of benzene rings is 1. The number of aromatic amines is 1. The van der Waals surface area contributed by atoms with Crippen LogP contribution in [-0.2, 0) is 26.4 Å². The Hall–Kier alpha value is -2.79. The van der Waals surface area contributed by atoms with E-state index in [1.54, 1.807) is 6.92 Å². The summed E-state index contributed by atoms with van der Waals surface area (Å²) in [7, 11) is 2.39. The van der Waals surface area contributed by atoms with Gasteiger partial charge in [0.2, 0.25) is 0 Å². The van der Waals surface area contributed by atoms with Crippen LogP contribution in [0.2, 0.25) is 0 Å². The minimum absolute atomic E-state index is 0.0552. The predicted octanol–water partition coefficient (Wildman–Crippen LogP) is 3.76. The van der Waals surface area contributed by atoms with Crippen molar-refractivity contribution in [3.05, 3.63) is 62.0 Å². The molecular weight excluding hydrogens is 450 g/mol. The Balaban J connectivity index is 1.94. The van der Waals surface area contributed by atoms with Crippen LogP contribution in [0.1, 0.15) is 38.8 Å². The van der Waals surface area contributed by atoms with Crippen LogP contribution in [0.5, 0.6) is 0 Å². The van der Waals surface area contributed by atoms with E-state index >= 15 is 0 Å². The molecule has 1 aromatic carbocycles. The number of thiophene rings is 1. The van der Waals surface area contributed by atoms with Crippen molar-refractivity contribution in [2.24, 2.45) is 0 Å². The van der Waals surface area contributed by atoms with Crippen molar-refractivity contribution in [1.82, 2.24) is 9.97 Å². The number of methoxy groups -OCH3 is 2. The Morgan fingerprint density at radius 3 is 2.52 bits per heavy atom. The van der Waals surface area contributed by atoms with E-state index in [1.165, 1.54) is 44.2 Å². The summed E-state index contributed by atoms with van der Waals surface area (Å²) in [5.74, 6) is -2.17. The number of hydrogen-bond acceptors (Lipinski definition) is 8. The number of thioether (sulfide) groups is 1. The Morgan fingerprint density at radius 2 is 1.90 bits per heavy atom. The second-order valence-electron chi connectivity index (χ2n) is 6.44. The molecule has 1 unspecified atom stereocenters. The lowest BCUT2D eigenvalue weighted by Gasteiger charge is -2.13. The largest absolute Gasteiger partial charge is 0.469 e. The van der Waals surface area contributed by atoms with E-state index in [1.807, 2.05) is 0 Å². The summed E-state index contributed by atoms with van der Waals surface area (Å²) in [5, 5.41) is -0.427. The fraction of sp³-hybridized carbons (Fsp3) is 0.300. The van der Waals surface area contributed by atoms with Crippen LogP contribution in [0, 0.1) is 11.6 Å². The van der Waals surface area contributed by atoms with Crippen LogP contribution in [0.15, 0.2) is 23.0 Å². The predicted molar refractivity (Wildman–Crippen MR) is 113 cm³/mol. The summed E-state index contributed by atoms with van der Waals surface area (Å²) >= 11 is 2.12. The van der Waals surface area contributed by atoms with E-state index in [0.717, 1.165) is 11.3 Å². The van der Waals surface area contributed by atoms with Gasteiger partial charge in [0.25, 0.3) is 5.56 Å². The molecule has 0 radical (unpaired) electrons. The molecule has 0 saturated carbocycles. The van der Waals surface area contributed by atoms with Crippen LogP contribution in [0.3, 0.4) is 0 Å². The maximum Gasteiger partial charge on any atom is 0.348 e. The molecule has 0 fully saturated rings. The van der Waals surface area contributed by atoms with Crippen LogP contribution in [0.4, 0.5) is 8.78 Å². The maximum absolute atomic E-state index is 14.0. The van der Waals surface area contributed by atoms with E-state index in [2.05, 4.69) is 14.7 Å². The van der Waals surface area contributed by atoms with Crippen molar-refractivity contribution >= 4 is 45.3 Å². The molecule has 3 rings (SSSR count). The molecule has 3 aromatic rings. The van der Waals surface area contributed by atoms with E-state index in [9.17, 15) is 23.2 Å². The summed E-state index contributed by atoms with van der Waals surface area (Å²) in [6.07, 6.45) is -0.288. The molecule has 164 valence electrons. The number of rotatable bonds is 7. The maximum atomic E-state index is 14.0. The van der Waals surface area contributed by atoms with Crippen LogP contribution < -0.4 is 5.56 Å². The van der Waals surface area contributed by atoms with Gasteiger partial charge in [0.15, 0.2) is 0 Å². The highest BCUT2D eigenvalue weighted by molar-refractivity contribution is 7.98. The molecule has 0 amide bonds. The highest BCUT2D eigenvalue weighted by atomic mass is 32.2. The highest BCUT2D eigenvalue weighted by Crippen LogP contribution is 2.34. The molecule has 2 heterocycles. The van der Waals surface area contributed by atoms with Gasteiger partial charge in [0, 0.05) is 16.4 Å². The normalized spacial score (nSPS) is 12.0. The monoisotopic (exact) mass is 468 g/mol. The number of carbonyl (C=O) groups is 2. The molecule has 0 bridgehead atoms. The minimum atomic E-state index is -0.694. The first-order chi connectivity index (χ1) is 14.8. The fourth-order valence-electron chi connectivity index (χ4n) is 3.01. The molecule has 31 heavy (non-hydrogen) atoms. The smallest absolute Gasteiger partial charge is 0.348 e. The van der Waals surface area contributed by atoms with Gasteiger partial charge in [-0.05, 0) is 19.1 Å². The third-order valence-electron chi connectivity index (χ3n) is 4.51. The van der Waals surface area contributed by atoms with Gasteiger partial charge < -0.3 is 14.5 Å². The average Bonchev–Trinajstić information content (AvgIpc) is 3.10. The summed E-state index contributed by atoms with van der Waals surface area (Å²) in [4.78, 5) is 43.9. The molecular formula is C20H18F2N2O5S2. The Morgan fingerprint density at radius 1 is 1.23 bits per heavy atom. The molecule has 7 nitrogen and oxygen atoms in total. The van der Waals surface area contributed by atoms with E-state index in [-0.39, 0.29) is 44.2 Å². The first-order valence-corrected chi connectivity index (χ1v) is 10.9. The number of ether oxygens (including phenoxy) is 2. The number of hydrogen-bond donors (Lipinski definition) is 1. The Labute approximate surface area is 183 Å². The van der Waals surface area contributed by atoms with Crippen LogP contribution in [0.25, 0.3) is 10.2 Å². The van der Waals surface area contributed by atoms with Gasteiger partial charge in [-0.3, -0.25) is 9.59 Å². The number of aromatic nitrogens is 2. The average molecular weight is 469 g/mol. The molecule has 0 spiro atoms. The van der Waals surface area contributed by atoms with Gasteiger partial charge in [0.05, 0.1) is 31.8 Å². The third-order valence-corrected chi connectivity index (χ3v) is 6.79. The quantitative estimate of drug-likeness (QED) is 0.527. The van der Waals surface area contributed by atoms with Gasteiger partial charge >= 0.3 is 11.9 Å². The van der Waals surface area contributed by atoms with Crippen LogP contribution in [-0.4, -0.2) is 36.1 Å². The first kappa shape index (κ1) is 22.9. The SMILES string of the molecule is COC(=O)Cc1c(C(=O)OC)sc2nc(CSC(C)c3c(F)cccc3F)[nH]c(=O)c12. The number of esters is 2. The molecule has 0 saturated heterocycles. The van der Waals surface area contributed by atoms with E-state index in [0.29, 0.717) is 0 Å². The van der Waals surface area contributed by atoms with Crippen molar-refractivity contribution < 1.29 is 27.8 Å². The second kappa shape index (κ2) is 9.56. The van der Waals surface area contributed by atoms with Crippen LogP contribution >= 0.6 is 23.1 Å². The van der Waals surface area contributed by atoms with E-state index < -0.39 is 34.4 Å². The highest BCUT2D eigenvalue weighted by Gasteiger charge is 2.25. The number of H-pyrrole nitrogens is 1. The standard InChI is InChI=1S/C20H18F2N2O5S2/c1-9(15-11(21)5-4-6-12(15)22)30-8-13-23-18(26)16-10(7-14(25)28-2)17(20(27)29-3)31-19(16)24-13/h4-6,9H,7-8H2,1-3H3,(H,23,24,26). The first-order valence-electron chi connectivity index (χ1n) is 9.02. The number of nitrogens with zero attached hydrogens (tertiary/aromatic N) is 1. The van der Waals surface area contributed by atoms with E-state index in [4.69, 9.17) is 4.74 Å². The van der Waals surface area contributed by atoms with Crippen molar-refractivity contribution in [1.29, 1.82) is 0 Å². The second-order valence-corrected chi connectivity index (χ2v) is 8.76. The van der Waals surface area contributed by atoms with Gasteiger partial charge in [-0.2, -0.15) is 0 Å². The zero-order chi connectivity index (χ0) is 22.7. The molecule has 0 aliphatic rings. The zero-order valence-electron chi connectivity index (χ0n) is 16.8. The van der Waals surface area contributed by atoms with Crippen molar-refractivity contribution in [2.75, 3.05) is 14.2 Å². The lowest BCUT2D eigenvalue weighted by Crippen LogP contribution is -2.15. The van der Waals surface area contributed by atoms with Gasteiger partial charge in [-0.1, -0.05) is 6.07 Å². The Kier molecular flexibility index (Phi) is 7.06. The van der Waals surface area contributed by atoms with Gasteiger partial charge in [-0.25, -0.2) is 18.6 Å². The molecule has 11 heteroatoms. The third kappa shape index (κ3) is 4.77. The van der Waals surface area contributed by atoms with Gasteiger partial charge in [-0.15, -0.1) is 23.1 Å². The van der Waals surface area contributed by atoms with Crippen molar-refractivity contribution in [2.45, 2.75) is 24.3 Å². The summed E-state index contributed by atoms with van der Waals surface area (Å²) in [6.45, 7) is 1.65. The number of fused-ring (bicyclic) bond motifs is 1. The summed E-state index contributed by atoms with van der Waals surface area (Å²) in [6, 6.07) is 3.66. The summed E-state index contributed by atoms with van der Waals surface area (Å²) in [5.41, 5.74) is -0.399. The van der Waals surface area contributed by atoms with Gasteiger partial charge in [0.1, 0.15) is 27.2 Å². The lowest BCUT2D eigenvalue weighted by molar-refractivity contribution is -0.139. The van der Waals surface area contributed by atoms with Crippen molar-refractivity contribution in [3.63, 3.8) is 0 Å². The zero-order valence-corrected chi connectivity index (χ0v) is 18.4. The fourth-order valence-corrected chi connectivity index (χ4v) is 5.07. The summed E-state index contributed by atoms with van der Waals surface area (Å²) < 4.78 is 37.4. The topological polar surface area (TPSA) is 98.3 Å². The van der Waals surface area contributed by atoms with Crippen molar-refractivity contribution in [3.8, 4) is 0 Å². The Bertz CT molecular complexity index is 1190. The molecule has 0 aliphatic heterocycles. The number of halogens is 2. The molecule has 1 atom stereocenters. The number of nitrogens with one attached hydrogen (secondary N) is 1. The minimum Gasteiger partial charge on any atom is -0.469 e. The number of carbonyl (C=O) groups excluding carboxylic acids is 2.